The number of aromatic nitrogens is 4. The Labute approximate surface area is 103 Å². The molecule has 18 heavy (non-hydrogen) atoms. The third kappa shape index (κ3) is 2.34. The Morgan fingerprint density at radius 2 is 2.28 bits per heavy atom. The van der Waals surface area contributed by atoms with Crippen molar-refractivity contribution >= 4 is 18.1 Å². The molecule has 92 valence electrons. The molecule has 1 aromatic heterocycles. The molecule has 1 heterocycles. The van der Waals surface area contributed by atoms with Crippen LogP contribution in [-0.2, 0) is 0 Å². The number of carbonyl (C=O) groups is 1. The van der Waals surface area contributed by atoms with E-state index >= 15 is 0 Å². The molecule has 2 aromatic rings. The fourth-order valence-electron chi connectivity index (χ4n) is 1.35. The minimum atomic E-state index is -0.365. The van der Waals surface area contributed by atoms with E-state index in [1.807, 2.05) is 0 Å². The Hall–Kier alpha value is -2.70. The van der Waals surface area contributed by atoms with Gasteiger partial charge in [0.25, 0.3) is 11.9 Å². The van der Waals surface area contributed by atoms with Gasteiger partial charge < -0.3 is 4.74 Å². The van der Waals surface area contributed by atoms with Crippen molar-refractivity contribution in [3.63, 3.8) is 0 Å². The molecule has 7 nitrogen and oxygen atoms in total. The van der Waals surface area contributed by atoms with E-state index in [-0.39, 0.29) is 11.9 Å². The van der Waals surface area contributed by atoms with E-state index in [1.165, 1.54) is 13.3 Å². The molecule has 0 aliphatic heterocycles. The Balaban J connectivity index is 2.19. The average Bonchev–Trinajstić information content (AvgIpc) is 2.86. The van der Waals surface area contributed by atoms with E-state index < -0.39 is 0 Å². The predicted molar refractivity (Wildman–Crippen MR) is 65.2 cm³/mol. The molecule has 0 fully saturated rings. The summed E-state index contributed by atoms with van der Waals surface area (Å²) in [5.74, 6) is 0.216. The van der Waals surface area contributed by atoms with Gasteiger partial charge in [0, 0.05) is 6.20 Å². The standard InChI is InChI=1S/C11H11N5O2/c1-3-16-14-11(13-15-16)12-10(17)8-6-4-5-7-9(8)18-2/h3-7H,1H2,2H3,(H,12,14,17). The zero-order valence-corrected chi connectivity index (χ0v) is 9.70. The van der Waals surface area contributed by atoms with Gasteiger partial charge in [0.1, 0.15) is 5.75 Å². The Morgan fingerprint density at radius 1 is 1.50 bits per heavy atom. The number of nitrogens with zero attached hydrogens (tertiary/aromatic N) is 4. The van der Waals surface area contributed by atoms with E-state index in [0.717, 1.165) is 4.80 Å². The highest BCUT2D eigenvalue weighted by Crippen LogP contribution is 2.17. The van der Waals surface area contributed by atoms with Crippen molar-refractivity contribution < 1.29 is 9.53 Å². The molecule has 2 rings (SSSR count). The van der Waals surface area contributed by atoms with E-state index in [4.69, 9.17) is 4.74 Å². The SMILES string of the molecule is C=Cn1nnc(NC(=O)c2ccccc2OC)n1. The van der Waals surface area contributed by atoms with Crippen molar-refractivity contribution in [3.8, 4) is 5.75 Å². The average molecular weight is 245 g/mol. The van der Waals surface area contributed by atoms with Crippen LogP contribution < -0.4 is 10.1 Å². The number of nitrogens with one attached hydrogen (secondary N) is 1. The van der Waals surface area contributed by atoms with Crippen molar-refractivity contribution in [1.29, 1.82) is 0 Å². The number of ether oxygens (including phenoxy) is 1. The molecule has 0 radical (unpaired) electrons. The monoisotopic (exact) mass is 245 g/mol. The first-order valence-electron chi connectivity index (χ1n) is 5.11. The molecule has 7 heteroatoms. The van der Waals surface area contributed by atoms with Gasteiger partial charge in [-0.25, -0.2) is 0 Å². The van der Waals surface area contributed by atoms with Gasteiger partial charge in [-0.15, -0.1) is 9.90 Å². The smallest absolute Gasteiger partial charge is 0.270 e. The van der Waals surface area contributed by atoms with Crippen LogP contribution in [0.2, 0.25) is 0 Å². The van der Waals surface area contributed by atoms with Gasteiger partial charge in [0.15, 0.2) is 0 Å². The van der Waals surface area contributed by atoms with Crippen molar-refractivity contribution in [2.75, 3.05) is 12.4 Å². The zero-order valence-electron chi connectivity index (χ0n) is 9.70. The maximum absolute atomic E-state index is 12.0. The van der Waals surface area contributed by atoms with E-state index in [0.29, 0.717) is 11.3 Å². The third-order valence-electron chi connectivity index (χ3n) is 2.17. The zero-order chi connectivity index (χ0) is 13.0. The molecule has 0 aliphatic rings. The molecule has 0 unspecified atom stereocenters. The molecule has 0 saturated heterocycles. The molecule has 1 amide bonds. The normalized spacial score (nSPS) is 9.83. The van der Waals surface area contributed by atoms with Crippen LogP contribution in [0.15, 0.2) is 30.8 Å². The van der Waals surface area contributed by atoms with Crippen LogP contribution in [0.25, 0.3) is 6.20 Å². The number of hydrogen-bond acceptors (Lipinski definition) is 5. The van der Waals surface area contributed by atoms with Crippen LogP contribution in [0.5, 0.6) is 5.75 Å². The molecule has 0 saturated carbocycles. The highest BCUT2D eigenvalue weighted by atomic mass is 16.5. The molecule has 0 bridgehead atoms. The Bertz CT molecular complexity index is 578. The first-order chi connectivity index (χ1) is 8.74. The quantitative estimate of drug-likeness (QED) is 0.870. The lowest BCUT2D eigenvalue weighted by atomic mass is 10.2. The van der Waals surface area contributed by atoms with Gasteiger partial charge >= 0.3 is 0 Å². The van der Waals surface area contributed by atoms with E-state index in [9.17, 15) is 4.79 Å². The summed E-state index contributed by atoms with van der Waals surface area (Å²) in [5.41, 5.74) is 0.398. The van der Waals surface area contributed by atoms with Gasteiger partial charge in [-0.1, -0.05) is 23.8 Å². The molecular weight excluding hydrogens is 234 g/mol. The number of para-hydroxylation sites is 1. The highest BCUT2D eigenvalue weighted by Gasteiger charge is 2.13. The number of carbonyl (C=O) groups excluding carboxylic acids is 1. The van der Waals surface area contributed by atoms with Gasteiger partial charge in [-0.2, -0.15) is 0 Å². The van der Waals surface area contributed by atoms with Gasteiger partial charge in [-0.05, 0) is 17.3 Å². The van der Waals surface area contributed by atoms with Gasteiger partial charge in [0.05, 0.1) is 12.7 Å². The lowest BCUT2D eigenvalue weighted by Crippen LogP contribution is -2.14. The number of rotatable bonds is 4. The van der Waals surface area contributed by atoms with Gasteiger partial charge in [-0.3, -0.25) is 10.1 Å². The molecule has 1 aromatic carbocycles. The first kappa shape index (κ1) is 11.8. The molecular formula is C11H11N5O2. The maximum atomic E-state index is 12.0. The third-order valence-corrected chi connectivity index (χ3v) is 2.17. The number of anilines is 1. The summed E-state index contributed by atoms with van der Waals surface area (Å²) in [6, 6.07) is 6.86. The second-order valence-corrected chi connectivity index (χ2v) is 3.27. The van der Waals surface area contributed by atoms with Crippen molar-refractivity contribution in [2.24, 2.45) is 0 Å². The Morgan fingerprint density at radius 3 is 2.94 bits per heavy atom. The number of methoxy groups -OCH3 is 1. The second-order valence-electron chi connectivity index (χ2n) is 3.27. The van der Waals surface area contributed by atoms with Crippen molar-refractivity contribution in [3.05, 3.63) is 36.4 Å². The minimum Gasteiger partial charge on any atom is -0.496 e. The van der Waals surface area contributed by atoms with Crippen molar-refractivity contribution in [2.45, 2.75) is 0 Å². The summed E-state index contributed by atoms with van der Waals surface area (Å²) in [6.07, 6.45) is 1.37. The summed E-state index contributed by atoms with van der Waals surface area (Å²) in [4.78, 5) is 13.1. The fourth-order valence-corrected chi connectivity index (χ4v) is 1.35. The molecule has 0 spiro atoms. The molecule has 0 atom stereocenters. The van der Waals surface area contributed by atoms with E-state index in [2.05, 4.69) is 27.3 Å². The molecule has 0 aliphatic carbocycles. The fraction of sp³-hybridized carbons (Fsp3) is 0.0909. The first-order valence-corrected chi connectivity index (χ1v) is 5.11. The van der Waals surface area contributed by atoms with Crippen LogP contribution in [0.1, 0.15) is 10.4 Å². The predicted octanol–water partition coefficient (Wildman–Crippen LogP) is 1.03. The largest absolute Gasteiger partial charge is 0.496 e. The summed E-state index contributed by atoms with van der Waals surface area (Å²) < 4.78 is 5.09. The second kappa shape index (κ2) is 5.09. The lowest BCUT2D eigenvalue weighted by molar-refractivity contribution is 0.102. The van der Waals surface area contributed by atoms with Crippen LogP contribution in [0.3, 0.4) is 0 Å². The minimum absolute atomic E-state index is 0.103. The number of amides is 1. The summed E-state index contributed by atoms with van der Waals surface area (Å²) in [7, 11) is 1.50. The van der Waals surface area contributed by atoms with Crippen LogP contribution in [0.4, 0.5) is 5.95 Å². The van der Waals surface area contributed by atoms with Gasteiger partial charge in [0.2, 0.25) is 0 Å². The van der Waals surface area contributed by atoms with Crippen LogP contribution in [-0.4, -0.2) is 33.2 Å². The number of hydrogen-bond donors (Lipinski definition) is 1. The molecule has 1 N–H and O–H groups in total. The van der Waals surface area contributed by atoms with Crippen molar-refractivity contribution in [1.82, 2.24) is 20.2 Å². The summed E-state index contributed by atoms with van der Waals surface area (Å²) in [5, 5.41) is 13.7. The number of tetrazole rings is 1. The van der Waals surface area contributed by atoms with E-state index in [1.54, 1.807) is 24.3 Å². The lowest BCUT2D eigenvalue weighted by Gasteiger charge is -2.06. The number of benzene rings is 1. The van der Waals surface area contributed by atoms with Crippen LogP contribution >= 0.6 is 0 Å². The van der Waals surface area contributed by atoms with Crippen LogP contribution in [0, 0.1) is 0 Å². The topological polar surface area (TPSA) is 81.9 Å². The summed E-state index contributed by atoms with van der Waals surface area (Å²) >= 11 is 0. The maximum Gasteiger partial charge on any atom is 0.270 e. The highest BCUT2D eigenvalue weighted by molar-refractivity contribution is 6.05. The Kier molecular flexibility index (Phi) is 3.33. The summed E-state index contributed by atoms with van der Waals surface area (Å²) in [6.45, 7) is 3.47.